The SMILES string of the molecule is c1cc(-c2ccc3oc4cc(-c5ccc6c(c5)B5c7ccccc7N(c7ccc8oc9ccc%10ccccc%10c9c8c7)c7cccc(c75)N6c5ccc(-c6ccc7oc8ccccc8c7c6)cc5)ccc4c3c2)cc(N2c3ccccc3B3c4ccccc4N(c4ccc5oc6ccc7ccccc7c6c5c4)c4cccc2c43)c1. The van der Waals surface area contributed by atoms with Crippen LogP contribution in [0.15, 0.2) is 382 Å². The van der Waals surface area contributed by atoms with Gasteiger partial charge in [0.25, 0.3) is 13.4 Å². The van der Waals surface area contributed by atoms with Crippen LogP contribution < -0.4 is 52.4 Å². The number of anilines is 12. The molecule has 8 heterocycles. The zero-order chi connectivity index (χ0) is 74.1. The molecule has 4 aliphatic heterocycles. The van der Waals surface area contributed by atoms with Gasteiger partial charge in [0.2, 0.25) is 0 Å². The zero-order valence-corrected chi connectivity index (χ0v) is 61.2. The minimum Gasteiger partial charge on any atom is -0.456 e. The lowest BCUT2D eigenvalue weighted by molar-refractivity contribution is 0.668. The van der Waals surface area contributed by atoms with Crippen molar-refractivity contribution in [3.8, 4) is 33.4 Å². The first-order valence-electron chi connectivity index (χ1n) is 39.1. The average Bonchev–Trinajstić information content (AvgIpc) is 1.71. The molecule has 0 unspecified atom stereocenters. The molecule has 0 radical (unpaired) electrons. The van der Waals surface area contributed by atoms with Crippen LogP contribution in [0.2, 0.25) is 0 Å². The quantitative estimate of drug-likeness (QED) is 0.146. The van der Waals surface area contributed by atoms with Gasteiger partial charge in [0, 0.05) is 111 Å². The van der Waals surface area contributed by atoms with Crippen LogP contribution in [0.1, 0.15) is 0 Å². The standard InChI is InChI=1S/C104H60B2N4O4/c1-3-20-73-62(16-1)38-50-98-101(73)79-59-71(44-52-96(79)112-98)109-86-27-10-7-24-82(86)105-81-23-6-9-26-85(81)108(90-30-15-31-91(109)103(90)105)70-19-13-18-64(54-70)66-41-49-95-78(56-66)76-46-36-68(58-100(76)114-95)67-37-47-88-84(57-67)106-83-25-8-11-28-87(83)110(72-45-53-97-80(60-72)102-74-21-4-2-17-63(74)39-51-99(102)113-97)92-32-14-29-89(104(92)106)107(88)69-42-34-61(35-43-69)65-40-48-94-77(55-65)75-22-5-12-33-93(75)111-94/h1-60H. The van der Waals surface area contributed by atoms with E-state index in [0.29, 0.717) is 0 Å². The van der Waals surface area contributed by atoms with Crippen LogP contribution in [-0.2, 0) is 0 Å². The van der Waals surface area contributed by atoms with Crippen molar-refractivity contribution in [2.24, 2.45) is 0 Å². The summed E-state index contributed by atoms with van der Waals surface area (Å²) in [6, 6.07) is 134. The first-order valence-corrected chi connectivity index (χ1v) is 39.1. The lowest BCUT2D eigenvalue weighted by Crippen LogP contribution is -2.61. The van der Waals surface area contributed by atoms with E-state index < -0.39 is 0 Å². The van der Waals surface area contributed by atoms with E-state index in [9.17, 15) is 0 Å². The Balaban J connectivity index is 0.578. The highest BCUT2D eigenvalue weighted by molar-refractivity contribution is 7.01. The summed E-state index contributed by atoms with van der Waals surface area (Å²) in [6.45, 7) is -0.105. The summed E-state index contributed by atoms with van der Waals surface area (Å²) in [5.41, 5.74) is 34.7. The number of para-hydroxylation sites is 4. The summed E-state index contributed by atoms with van der Waals surface area (Å²) in [4.78, 5) is 9.93. The number of nitrogens with zero attached hydrogens (tertiary/aromatic N) is 4. The van der Waals surface area contributed by atoms with E-state index in [2.05, 4.69) is 371 Å². The maximum absolute atomic E-state index is 6.96. The molecule has 10 heteroatoms. The molecule has 26 rings (SSSR count). The molecule has 0 saturated carbocycles. The molecule has 0 amide bonds. The summed E-state index contributed by atoms with van der Waals surface area (Å²) in [7, 11) is 0. The molecule has 8 nitrogen and oxygen atoms in total. The largest absolute Gasteiger partial charge is 0.456 e. The number of hydrogen-bond acceptors (Lipinski definition) is 8. The molecular formula is C104H60B2N4O4. The second-order valence-electron chi connectivity index (χ2n) is 30.9. The predicted octanol–water partition coefficient (Wildman–Crippen LogP) is 24.8. The summed E-state index contributed by atoms with van der Waals surface area (Å²) < 4.78 is 26.4. The van der Waals surface area contributed by atoms with Crippen LogP contribution in [0.5, 0.6) is 0 Å². The molecule has 114 heavy (non-hydrogen) atoms. The first-order chi connectivity index (χ1) is 56.5. The molecule has 0 aliphatic carbocycles. The van der Waals surface area contributed by atoms with Gasteiger partial charge < -0.3 is 37.3 Å². The smallest absolute Gasteiger partial charge is 0.252 e. The Bertz CT molecular complexity index is 7960. The van der Waals surface area contributed by atoms with Crippen LogP contribution in [-0.4, -0.2) is 13.4 Å². The molecule has 0 atom stereocenters. The highest BCUT2D eigenvalue weighted by Crippen LogP contribution is 2.51. The number of fused-ring (bicyclic) bond motifs is 24. The van der Waals surface area contributed by atoms with E-state index in [-0.39, 0.29) is 13.4 Å². The molecule has 526 valence electrons. The number of hydrogen-bond donors (Lipinski definition) is 0. The van der Waals surface area contributed by atoms with Crippen molar-refractivity contribution in [1.82, 2.24) is 0 Å². The van der Waals surface area contributed by atoms with Crippen molar-refractivity contribution in [2.75, 3.05) is 19.6 Å². The van der Waals surface area contributed by atoms with E-state index in [4.69, 9.17) is 17.7 Å². The van der Waals surface area contributed by atoms with Gasteiger partial charge in [-0.3, -0.25) is 0 Å². The summed E-state index contributed by atoms with van der Waals surface area (Å²) in [5.74, 6) is 0. The van der Waals surface area contributed by atoms with Crippen LogP contribution in [0.4, 0.5) is 68.2 Å². The van der Waals surface area contributed by atoms with Gasteiger partial charge in [-0.2, -0.15) is 0 Å². The van der Waals surface area contributed by atoms with E-state index in [1.807, 2.05) is 12.1 Å². The lowest BCUT2D eigenvalue weighted by atomic mass is 9.33. The Kier molecular flexibility index (Phi) is 12.6. The molecular weight excluding hydrogens is 1390 g/mol. The predicted molar refractivity (Wildman–Crippen MR) is 475 cm³/mol. The summed E-state index contributed by atoms with van der Waals surface area (Å²) in [5, 5.41) is 13.6. The van der Waals surface area contributed by atoms with Gasteiger partial charge >= 0.3 is 0 Å². The third-order valence-corrected chi connectivity index (χ3v) is 25.0. The molecule has 0 N–H and O–H groups in total. The minimum absolute atomic E-state index is 0.00585. The molecule has 0 bridgehead atoms. The lowest BCUT2D eigenvalue weighted by Gasteiger charge is -2.44. The molecule has 0 spiro atoms. The second-order valence-corrected chi connectivity index (χ2v) is 30.9. The fourth-order valence-corrected chi connectivity index (χ4v) is 20.0. The zero-order valence-electron chi connectivity index (χ0n) is 61.2. The summed E-state index contributed by atoms with van der Waals surface area (Å²) in [6.07, 6.45) is 0. The van der Waals surface area contributed by atoms with Gasteiger partial charge in [-0.05, 0) is 251 Å². The monoisotopic (exact) mass is 1450 g/mol. The third kappa shape index (κ3) is 8.79. The van der Waals surface area contributed by atoms with Crippen molar-refractivity contribution in [3.63, 3.8) is 0 Å². The molecule has 18 aromatic carbocycles. The topological polar surface area (TPSA) is 65.5 Å². The molecule has 0 saturated heterocycles. The maximum Gasteiger partial charge on any atom is 0.252 e. The highest BCUT2D eigenvalue weighted by atomic mass is 16.3. The maximum atomic E-state index is 6.96. The van der Waals surface area contributed by atoms with Gasteiger partial charge in [0.15, 0.2) is 0 Å². The molecule has 0 fully saturated rings. The van der Waals surface area contributed by atoms with Crippen LogP contribution in [0.3, 0.4) is 0 Å². The van der Waals surface area contributed by atoms with Gasteiger partial charge in [-0.15, -0.1) is 0 Å². The van der Waals surface area contributed by atoms with Gasteiger partial charge in [-0.25, -0.2) is 0 Å². The number of benzene rings is 18. The van der Waals surface area contributed by atoms with Crippen molar-refractivity contribution >= 4 is 224 Å². The van der Waals surface area contributed by atoms with Gasteiger partial charge in [0.1, 0.15) is 44.7 Å². The van der Waals surface area contributed by atoms with Crippen LogP contribution in [0, 0.1) is 0 Å². The Hall–Kier alpha value is -15.0. The van der Waals surface area contributed by atoms with Crippen molar-refractivity contribution in [2.45, 2.75) is 0 Å². The number of rotatable bonds is 7. The minimum atomic E-state index is -0.111. The molecule has 22 aromatic rings. The van der Waals surface area contributed by atoms with E-state index in [0.717, 1.165) is 178 Å². The van der Waals surface area contributed by atoms with Crippen molar-refractivity contribution in [1.29, 1.82) is 0 Å². The Labute approximate surface area is 654 Å². The second kappa shape index (κ2) is 23.3. The molecule has 4 aliphatic rings. The molecule has 4 aromatic heterocycles. The van der Waals surface area contributed by atoms with E-state index >= 15 is 0 Å². The van der Waals surface area contributed by atoms with Gasteiger partial charge in [-0.1, -0.05) is 200 Å². The van der Waals surface area contributed by atoms with Gasteiger partial charge in [0.05, 0.1) is 0 Å². The average molecular weight is 1450 g/mol. The van der Waals surface area contributed by atoms with Crippen molar-refractivity contribution < 1.29 is 17.7 Å². The van der Waals surface area contributed by atoms with E-state index in [1.165, 1.54) is 65.7 Å². The Morgan fingerprint density at radius 1 is 0.175 bits per heavy atom. The fraction of sp³-hybridized carbons (Fsp3) is 0. The Morgan fingerprint density at radius 2 is 0.535 bits per heavy atom. The van der Waals surface area contributed by atoms with Crippen LogP contribution >= 0.6 is 0 Å². The van der Waals surface area contributed by atoms with E-state index in [1.54, 1.807) is 0 Å². The highest BCUT2D eigenvalue weighted by Gasteiger charge is 2.45. The summed E-state index contributed by atoms with van der Waals surface area (Å²) >= 11 is 0. The normalized spacial score (nSPS) is 13.3. The Morgan fingerprint density at radius 3 is 1.12 bits per heavy atom. The first kappa shape index (κ1) is 61.8. The third-order valence-electron chi connectivity index (χ3n) is 25.0. The fourth-order valence-electron chi connectivity index (χ4n) is 20.0. The van der Waals surface area contributed by atoms with Crippen LogP contribution in [0.25, 0.3) is 143 Å². The number of furan rings is 4. The van der Waals surface area contributed by atoms with Crippen molar-refractivity contribution in [3.05, 3.63) is 364 Å².